The SMILES string of the molecule is CC(=O)c1ccccc1CNC1C=C(C)C(=O)CC(C)(C)C1O. The van der Waals surface area contributed by atoms with Crippen LogP contribution in [0.5, 0.6) is 0 Å². The van der Waals surface area contributed by atoms with Gasteiger partial charge in [-0.2, -0.15) is 0 Å². The molecular formula is C19H25NO3. The molecule has 0 heterocycles. The highest BCUT2D eigenvalue weighted by atomic mass is 16.3. The minimum atomic E-state index is -0.673. The van der Waals surface area contributed by atoms with Crippen molar-refractivity contribution in [2.24, 2.45) is 5.41 Å². The summed E-state index contributed by atoms with van der Waals surface area (Å²) in [5, 5.41) is 13.9. The Morgan fingerprint density at radius 1 is 1.35 bits per heavy atom. The Bertz CT molecular complexity index is 646. The van der Waals surface area contributed by atoms with E-state index < -0.39 is 11.5 Å². The minimum Gasteiger partial charge on any atom is -0.391 e. The predicted molar refractivity (Wildman–Crippen MR) is 90.2 cm³/mol. The van der Waals surface area contributed by atoms with Gasteiger partial charge in [0.1, 0.15) is 0 Å². The van der Waals surface area contributed by atoms with E-state index in [2.05, 4.69) is 5.32 Å². The lowest BCUT2D eigenvalue weighted by molar-refractivity contribution is -0.118. The number of nitrogens with one attached hydrogen (secondary N) is 1. The molecule has 124 valence electrons. The van der Waals surface area contributed by atoms with Gasteiger partial charge in [0.25, 0.3) is 0 Å². The standard InChI is InChI=1S/C19H25NO3/c1-12-9-16(18(23)19(3,4)10-17(12)22)20-11-14-7-5-6-8-15(14)13(2)21/h5-9,16,18,20,23H,10-11H2,1-4H3. The summed E-state index contributed by atoms with van der Waals surface area (Å²) in [4.78, 5) is 23.8. The van der Waals surface area contributed by atoms with Crippen LogP contribution in [-0.2, 0) is 11.3 Å². The summed E-state index contributed by atoms with van der Waals surface area (Å²) in [5.74, 6) is 0.0912. The van der Waals surface area contributed by atoms with E-state index in [1.54, 1.807) is 26.0 Å². The molecule has 0 aliphatic heterocycles. The van der Waals surface area contributed by atoms with Crippen LogP contribution < -0.4 is 5.32 Å². The first-order chi connectivity index (χ1) is 10.7. The molecule has 1 aromatic rings. The molecule has 4 heteroatoms. The van der Waals surface area contributed by atoms with Crippen molar-refractivity contribution in [2.75, 3.05) is 0 Å². The molecule has 0 amide bonds. The first-order valence-electron chi connectivity index (χ1n) is 7.94. The number of carbonyl (C=O) groups is 2. The molecule has 2 rings (SSSR count). The summed E-state index contributed by atoms with van der Waals surface area (Å²) in [6.07, 6.45) is 1.46. The molecule has 2 unspecified atom stereocenters. The highest BCUT2D eigenvalue weighted by Crippen LogP contribution is 2.32. The number of hydrogen-bond donors (Lipinski definition) is 2. The highest BCUT2D eigenvalue weighted by Gasteiger charge is 2.38. The Balaban J connectivity index is 2.21. The fourth-order valence-corrected chi connectivity index (χ4v) is 3.01. The molecule has 0 saturated heterocycles. The van der Waals surface area contributed by atoms with Crippen LogP contribution in [0.1, 0.15) is 50.0 Å². The molecule has 0 saturated carbocycles. The lowest BCUT2D eigenvalue weighted by Crippen LogP contribution is -2.45. The molecular weight excluding hydrogens is 290 g/mol. The topological polar surface area (TPSA) is 66.4 Å². The third kappa shape index (κ3) is 3.95. The maximum absolute atomic E-state index is 12.1. The second-order valence-electron chi connectivity index (χ2n) is 7.00. The molecule has 0 radical (unpaired) electrons. The Labute approximate surface area is 137 Å². The van der Waals surface area contributed by atoms with Crippen LogP contribution in [0.25, 0.3) is 0 Å². The molecule has 0 spiro atoms. The Morgan fingerprint density at radius 2 is 2.00 bits per heavy atom. The van der Waals surface area contributed by atoms with Crippen molar-refractivity contribution < 1.29 is 14.7 Å². The molecule has 2 N–H and O–H groups in total. The van der Waals surface area contributed by atoms with E-state index in [1.165, 1.54) is 0 Å². The summed E-state index contributed by atoms with van der Waals surface area (Å²) in [6.45, 7) is 7.60. The normalized spacial score (nSPS) is 24.0. The summed E-state index contributed by atoms with van der Waals surface area (Å²) < 4.78 is 0. The third-order valence-corrected chi connectivity index (χ3v) is 4.55. The fraction of sp³-hybridized carbons (Fsp3) is 0.474. The predicted octanol–water partition coefficient (Wildman–Crippen LogP) is 2.65. The number of aliphatic hydroxyl groups excluding tert-OH is 1. The number of carbonyl (C=O) groups excluding carboxylic acids is 2. The molecule has 1 aliphatic rings. The maximum atomic E-state index is 12.1. The molecule has 1 aliphatic carbocycles. The summed E-state index contributed by atoms with van der Waals surface area (Å²) in [6, 6.07) is 7.11. The largest absolute Gasteiger partial charge is 0.391 e. The molecule has 0 fully saturated rings. The number of rotatable bonds is 4. The number of allylic oxidation sites excluding steroid dienone is 1. The monoisotopic (exact) mass is 315 g/mol. The van der Waals surface area contributed by atoms with Crippen molar-refractivity contribution in [1.82, 2.24) is 5.32 Å². The molecule has 2 atom stereocenters. The van der Waals surface area contributed by atoms with Crippen molar-refractivity contribution in [3.8, 4) is 0 Å². The first kappa shape index (κ1) is 17.6. The van der Waals surface area contributed by atoms with Crippen LogP contribution in [0.3, 0.4) is 0 Å². The van der Waals surface area contributed by atoms with E-state index in [-0.39, 0.29) is 17.6 Å². The van der Waals surface area contributed by atoms with E-state index in [0.29, 0.717) is 24.1 Å². The smallest absolute Gasteiger partial charge is 0.160 e. The van der Waals surface area contributed by atoms with Gasteiger partial charge in [-0.1, -0.05) is 44.2 Å². The van der Waals surface area contributed by atoms with Gasteiger partial charge in [0, 0.05) is 18.5 Å². The zero-order valence-corrected chi connectivity index (χ0v) is 14.2. The number of ketones is 2. The summed E-state index contributed by atoms with van der Waals surface area (Å²) in [5.41, 5.74) is 1.75. The number of hydrogen-bond acceptors (Lipinski definition) is 4. The van der Waals surface area contributed by atoms with Crippen molar-refractivity contribution in [3.63, 3.8) is 0 Å². The van der Waals surface area contributed by atoms with Crippen molar-refractivity contribution in [3.05, 3.63) is 47.0 Å². The van der Waals surface area contributed by atoms with Crippen LogP contribution in [0.2, 0.25) is 0 Å². The number of Topliss-reactive ketones (excluding diaryl/α,β-unsaturated/α-hetero) is 2. The van der Waals surface area contributed by atoms with Crippen molar-refractivity contribution in [1.29, 1.82) is 0 Å². The van der Waals surface area contributed by atoms with Crippen LogP contribution in [0.4, 0.5) is 0 Å². The highest BCUT2D eigenvalue weighted by molar-refractivity contribution is 5.96. The molecule has 0 aromatic heterocycles. The zero-order valence-electron chi connectivity index (χ0n) is 14.2. The van der Waals surface area contributed by atoms with E-state index in [1.807, 2.05) is 32.0 Å². The number of aliphatic hydroxyl groups is 1. The second-order valence-corrected chi connectivity index (χ2v) is 7.00. The summed E-state index contributed by atoms with van der Waals surface area (Å²) in [7, 11) is 0. The lowest BCUT2D eigenvalue weighted by atomic mass is 9.80. The fourth-order valence-electron chi connectivity index (χ4n) is 3.01. The maximum Gasteiger partial charge on any atom is 0.160 e. The van der Waals surface area contributed by atoms with Crippen molar-refractivity contribution >= 4 is 11.6 Å². The Hall–Kier alpha value is -1.78. The van der Waals surface area contributed by atoms with Gasteiger partial charge < -0.3 is 10.4 Å². The minimum absolute atomic E-state index is 0.0195. The van der Waals surface area contributed by atoms with Gasteiger partial charge in [-0.15, -0.1) is 0 Å². The summed E-state index contributed by atoms with van der Waals surface area (Å²) >= 11 is 0. The van der Waals surface area contributed by atoms with Gasteiger partial charge in [0.05, 0.1) is 12.1 Å². The molecule has 0 bridgehead atoms. The van der Waals surface area contributed by atoms with Gasteiger partial charge in [0.15, 0.2) is 11.6 Å². The molecule has 1 aromatic carbocycles. The first-order valence-corrected chi connectivity index (χ1v) is 7.94. The van der Waals surface area contributed by atoms with Gasteiger partial charge in [-0.3, -0.25) is 9.59 Å². The molecule has 23 heavy (non-hydrogen) atoms. The van der Waals surface area contributed by atoms with E-state index in [4.69, 9.17) is 0 Å². The van der Waals surface area contributed by atoms with Gasteiger partial charge >= 0.3 is 0 Å². The average molecular weight is 315 g/mol. The quantitative estimate of drug-likeness (QED) is 0.838. The van der Waals surface area contributed by atoms with Crippen molar-refractivity contribution in [2.45, 2.75) is 52.8 Å². The lowest BCUT2D eigenvalue weighted by Gasteiger charge is -2.33. The van der Waals surface area contributed by atoms with Crippen LogP contribution in [0, 0.1) is 5.41 Å². The second kappa shape index (κ2) is 6.77. The van der Waals surface area contributed by atoms with Gasteiger partial charge in [-0.25, -0.2) is 0 Å². The van der Waals surface area contributed by atoms with Crippen LogP contribution in [0.15, 0.2) is 35.9 Å². The van der Waals surface area contributed by atoms with Crippen LogP contribution in [-0.4, -0.2) is 28.8 Å². The average Bonchev–Trinajstić information content (AvgIpc) is 2.56. The van der Waals surface area contributed by atoms with E-state index in [9.17, 15) is 14.7 Å². The van der Waals surface area contributed by atoms with Gasteiger partial charge in [-0.05, 0) is 30.4 Å². The zero-order chi connectivity index (χ0) is 17.2. The number of benzene rings is 1. The Morgan fingerprint density at radius 3 is 2.65 bits per heavy atom. The van der Waals surface area contributed by atoms with E-state index >= 15 is 0 Å². The third-order valence-electron chi connectivity index (χ3n) is 4.55. The van der Waals surface area contributed by atoms with E-state index in [0.717, 1.165) is 5.56 Å². The molecule has 4 nitrogen and oxygen atoms in total. The van der Waals surface area contributed by atoms with Crippen LogP contribution >= 0.6 is 0 Å². The Kier molecular flexibility index (Phi) is 5.17. The van der Waals surface area contributed by atoms with Gasteiger partial charge in [0.2, 0.25) is 0 Å².